The van der Waals surface area contributed by atoms with Crippen LogP contribution in [0.15, 0.2) is 66.4 Å². The molecular formula is C24H17Cl3N2O4. The van der Waals surface area contributed by atoms with Crippen molar-refractivity contribution in [3.05, 3.63) is 98.3 Å². The van der Waals surface area contributed by atoms with Crippen LogP contribution in [0, 0.1) is 0 Å². The monoisotopic (exact) mass is 502 g/mol. The van der Waals surface area contributed by atoms with E-state index in [1.54, 1.807) is 48.7 Å². The Kier molecular flexibility index (Phi) is 6.61. The van der Waals surface area contributed by atoms with Crippen LogP contribution in [-0.2, 0) is 16.1 Å². The van der Waals surface area contributed by atoms with Gasteiger partial charge in [-0.2, -0.15) is 0 Å². The summed E-state index contributed by atoms with van der Waals surface area (Å²) in [5.41, 5.74) is 1.16. The second-order valence-electron chi connectivity index (χ2n) is 7.27. The third-order valence-electron chi connectivity index (χ3n) is 5.25. The van der Waals surface area contributed by atoms with E-state index in [2.05, 4.69) is 4.98 Å². The number of amides is 1. The third-order valence-corrected chi connectivity index (χ3v) is 6.00. The summed E-state index contributed by atoms with van der Waals surface area (Å²) in [4.78, 5) is 31.9. The lowest BCUT2D eigenvalue weighted by Crippen LogP contribution is -2.29. The first kappa shape index (κ1) is 23.1. The normalized spacial score (nSPS) is 17.5. The van der Waals surface area contributed by atoms with Gasteiger partial charge >= 0.3 is 0 Å². The SMILES string of the molecule is COc1c(Cl)cc(Cl)cc1/C(O)=C1\C(=O)C(=O)N(Cc2ccccn2)C1c1ccc(Cl)cc1. The van der Waals surface area contributed by atoms with Gasteiger partial charge in [0.05, 0.1) is 41.5 Å². The van der Waals surface area contributed by atoms with E-state index in [9.17, 15) is 14.7 Å². The molecule has 9 heteroatoms. The molecule has 168 valence electrons. The van der Waals surface area contributed by atoms with E-state index >= 15 is 0 Å². The van der Waals surface area contributed by atoms with E-state index < -0.39 is 23.5 Å². The van der Waals surface area contributed by atoms with Gasteiger partial charge in [0.1, 0.15) is 11.5 Å². The number of Topliss-reactive ketones (excluding diaryl/α,β-unsaturated/α-hetero) is 1. The number of hydrogen-bond donors (Lipinski definition) is 1. The van der Waals surface area contributed by atoms with Gasteiger partial charge in [0.15, 0.2) is 0 Å². The largest absolute Gasteiger partial charge is 0.507 e. The highest BCUT2D eigenvalue weighted by Crippen LogP contribution is 2.43. The number of nitrogens with zero attached hydrogens (tertiary/aromatic N) is 2. The molecule has 0 bridgehead atoms. The van der Waals surface area contributed by atoms with Crippen molar-refractivity contribution in [3.8, 4) is 5.75 Å². The number of aromatic nitrogens is 1. The van der Waals surface area contributed by atoms with Gasteiger partial charge in [-0.15, -0.1) is 0 Å². The summed E-state index contributed by atoms with van der Waals surface area (Å²) in [6, 6.07) is 14.0. The summed E-state index contributed by atoms with van der Waals surface area (Å²) in [7, 11) is 1.38. The fourth-order valence-electron chi connectivity index (χ4n) is 3.79. The van der Waals surface area contributed by atoms with Crippen molar-refractivity contribution < 1.29 is 19.4 Å². The Hall–Kier alpha value is -3.06. The van der Waals surface area contributed by atoms with Crippen molar-refractivity contribution in [3.63, 3.8) is 0 Å². The van der Waals surface area contributed by atoms with Gasteiger partial charge in [0, 0.05) is 16.2 Å². The van der Waals surface area contributed by atoms with Crippen molar-refractivity contribution in [1.82, 2.24) is 9.88 Å². The number of benzene rings is 2. The molecule has 1 saturated heterocycles. The summed E-state index contributed by atoms with van der Waals surface area (Å²) in [6.07, 6.45) is 1.60. The molecule has 0 radical (unpaired) electrons. The Morgan fingerprint density at radius 2 is 1.79 bits per heavy atom. The average molecular weight is 504 g/mol. The van der Waals surface area contributed by atoms with E-state index in [1.165, 1.54) is 24.1 Å². The number of ether oxygens (including phenoxy) is 1. The molecule has 2 aromatic carbocycles. The standard InChI is InChI=1S/C24H17Cl3N2O4/c1-33-23-17(10-15(26)11-18(23)27)21(30)19-20(13-5-7-14(25)8-6-13)29(24(32)22(19)31)12-16-4-2-3-9-28-16/h2-11,20,30H,12H2,1H3/b21-19+. The Morgan fingerprint density at radius 1 is 1.06 bits per heavy atom. The van der Waals surface area contributed by atoms with Gasteiger partial charge in [-0.05, 0) is 42.0 Å². The summed E-state index contributed by atoms with van der Waals surface area (Å²) in [6.45, 7) is 0.0585. The highest BCUT2D eigenvalue weighted by molar-refractivity contribution is 6.46. The zero-order chi connectivity index (χ0) is 23.7. The molecule has 1 fully saturated rings. The van der Waals surface area contributed by atoms with Gasteiger partial charge in [-0.1, -0.05) is 53.0 Å². The minimum absolute atomic E-state index is 0.0585. The third kappa shape index (κ3) is 4.42. The summed E-state index contributed by atoms with van der Waals surface area (Å²) < 4.78 is 5.33. The fraction of sp³-hybridized carbons (Fsp3) is 0.125. The number of methoxy groups -OCH3 is 1. The molecule has 1 atom stereocenters. The molecule has 2 heterocycles. The molecule has 3 aromatic rings. The molecular weight excluding hydrogens is 487 g/mol. The quantitative estimate of drug-likeness (QED) is 0.276. The second-order valence-corrected chi connectivity index (χ2v) is 8.55. The minimum Gasteiger partial charge on any atom is -0.507 e. The Labute approximate surface area is 205 Å². The van der Waals surface area contributed by atoms with Crippen LogP contribution in [0.5, 0.6) is 5.75 Å². The summed E-state index contributed by atoms with van der Waals surface area (Å²) in [5, 5.41) is 12.2. The van der Waals surface area contributed by atoms with E-state index in [0.717, 1.165) is 0 Å². The lowest BCUT2D eigenvalue weighted by molar-refractivity contribution is -0.140. The van der Waals surface area contributed by atoms with E-state index in [1.807, 2.05) is 0 Å². The van der Waals surface area contributed by atoms with Gasteiger partial charge in [0.25, 0.3) is 11.7 Å². The molecule has 1 aliphatic rings. The van der Waals surface area contributed by atoms with Crippen LogP contribution in [0.2, 0.25) is 15.1 Å². The Balaban J connectivity index is 1.93. The highest BCUT2D eigenvalue weighted by Gasteiger charge is 2.46. The predicted octanol–water partition coefficient (Wildman–Crippen LogP) is 5.67. The molecule has 0 saturated carbocycles. The zero-order valence-corrected chi connectivity index (χ0v) is 19.5. The van der Waals surface area contributed by atoms with Crippen molar-refractivity contribution in [2.45, 2.75) is 12.6 Å². The number of pyridine rings is 1. The maximum absolute atomic E-state index is 13.2. The summed E-state index contributed by atoms with van der Waals surface area (Å²) >= 11 is 18.4. The number of aliphatic hydroxyl groups is 1. The number of aliphatic hydroxyl groups excluding tert-OH is 1. The van der Waals surface area contributed by atoms with Gasteiger partial charge < -0.3 is 14.7 Å². The Bertz CT molecular complexity index is 1260. The van der Waals surface area contributed by atoms with Crippen molar-refractivity contribution in [2.75, 3.05) is 7.11 Å². The number of rotatable bonds is 5. The number of hydrogen-bond acceptors (Lipinski definition) is 5. The second kappa shape index (κ2) is 9.43. The lowest BCUT2D eigenvalue weighted by atomic mass is 9.95. The topological polar surface area (TPSA) is 79.7 Å². The first-order chi connectivity index (χ1) is 15.8. The molecule has 4 rings (SSSR count). The molecule has 1 unspecified atom stereocenters. The number of halogens is 3. The average Bonchev–Trinajstić information content (AvgIpc) is 3.04. The molecule has 0 spiro atoms. The zero-order valence-electron chi connectivity index (χ0n) is 17.3. The van der Waals surface area contributed by atoms with Crippen molar-refractivity contribution in [1.29, 1.82) is 0 Å². The molecule has 1 amide bonds. The van der Waals surface area contributed by atoms with Crippen LogP contribution in [0.1, 0.15) is 22.9 Å². The molecule has 1 aromatic heterocycles. The van der Waals surface area contributed by atoms with Crippen LogP contribution in [-0.4, -0.2) is 33.8 Å². The van der Waals surface area contributed by atoms with Crippen LogP contribution in [0.3, 0.4) is 0 Å². The van der Waals surface area contributed by atoms with E-state index in [-0.39, 0.29) is 33.5 Å². The van der Waals surface area contributed by atoms with Crippen molar-refractivity contribution in [2.24, 2.45) is 0 Å². The molecule has 1 aliphatic heterocycles. The molecule has 0 aliphatic carbocycles. The van der Waals surface area contributed by atoms with Gasteiger partial charge in [-0.25, -0.2) is 0 Å². The Morgan fingerprint density at radius 3 is 2.42 bits per heavy atom. The molecule has 6 nitrogen and oxygen atoms in total. The number of likely N-dealkylation sites (tertiary alicyclic amines) is 1. The van der Waals surface area contributed by atoms with Crippen LogP contribution in [0.4, 0.5) is 0 Å². The number of carbonyl (C=O) groups is 2. The van der Waals surface area contributed by atoms with E-state index in [4.69, 9.17) is 39.5 Å². The fourth-order valence-corrected chi connectivity index (χ4v) is 4.49. The number of ketones is 1. The van der Waals surface area contributed by atoms with Crippen LogP contribution in [0.25, 0.3) is 5.76 Å². The van der Waals surface area contributed by atoms with Gasteiger partial charge in [-0.3, -0.25) is 14.6 Å². The smallest absolute Gasteiger partial charge is 0.296 e. The van der Waals surface area contributed by atoms with Crippen LogP contribution < -0.4 is 4.74 Å². The highest BCUT2D eigenvalue weighted by atomic mass is 35.5. The van der Waals surface area contributed by atoms with Crippen LogP contribution >= 0.6 is 34.8 Å². The molecule has 1 N–H and O–H groups in total. The van der Waals surface area contributed by atoms with Crippen molar-refractivity contribution >= 4 is 52.3 Å². The predicted molar refractivity (Wildman–Crippen MR) is 127 cm³/mol. The lowest BCUT2D eigenvalue weighted by Gasteiger charge is -2.25. The van der Waals surface area contributed by atoms with E-state index in [0.29, 0.717) is 16.3 Å². The minimum atomic E-state index is -0.897. The first-order valence-electron chi connectivity index (χ1n) is 9.79. The first-order valence-corrected chi connectivity index (χ1v) is 10.9. The maximum atomic E-state index is 13.2. The molecule has 33 heavy (non-hydrogen) atoms. The maximum Gasteiger partial charge on any atom is 0.296 e. The number of carbonyl (C=O) groups excluding carboxylic acids is 2. The van der Waals surface area contributed by atoms with Gasteiger partial charge in [0.2, 0.25) is 0 Å². The summed E-state index contributed by atoms with van der Waals surface area (Å²) in [5.74, 6) is -1.93.